The number of benzene rings is 3. The van der Waals surface area contributed by atoms with Crippen molar-refractivity contribution < 1.29 is 37.9 Å². The van der Waals surface area contributed by atoms with Crippen LogP contribution in [-0.2, 0) is 0 Å². The van der Waals surface area contributed by atoms with Gasteiger partial charge in [0.05, 0.1) is 21.3 Å². The van der Waals surface area contributed by atoms with Crippen LogP contribution in [-0.4, -0.2) is 26.9 Å². The number of rotatable bonds is 7. The Bertz CT molecular complexity index is 902. The van der Waals surface area contributed by atoms with Gasteiger partial charge in [0, 0.05) is 12.1 Å². The maximum absolute atomic E-state index is 12.9. The average molecular weight is 387 g/mol. The first-order chi connectivity index (χ1) is 13.2. The first-order valence-electron chi connectivity index (χ1n) is 8.43. The molecule has 3 aromatic rings. The fourth-order valence-electron chi connectivity index (χ4n) is 2.80. The Balaban J connectivity index is 0.00000280. The second-order valence-corrected chi connectivity index (χ2v) is 7.09. The second-order valence-electron chi connectivity index (χ2n) is 5.80. The average Bonchev–Trinajstić information content (AvgIpc) is 2.73. The molecule has 0 saturated carbocycles. The molecule has 0 saturated heterocycles. The molecule has 28 heavy (non-hydrogen) atoms. The standard InChI is InChI=1S/C22H21O4P.Li/c1-24-17-13-19(25-2)21(20(14-17)26-3)22(23)27-18-11-9-16(10-12-18)15-7-5-4-6-8-15;/h4-14,27H,1-3H3;/q;+1. The van der Waals surface area contributed by atoms with Crippen molar-refractivity contribution in [1.82, 2.24) is 0 Å². The van der Waals surface area contributed by atoms with E-state index in [4.69, 9.17) is 14.2 Å². The monoisotopic (exact) mass is 387 g/mol. The molecule has 3 aromatic carbocycles. The smallest absolute Gasteiger partial charge is 0.496 e. The summed E-state index contributed by atoms with van der Waals surface area (Å²) in [5, 5.41) is 0.958. The van der Waals surface area contributed by atoms with Crippen LogP contribution in [0.5, 0.6) is 17.2 Å². The molecule has 0 aliphatic heterocycles. The van der Waals surface area contributed by atoms with Crippen LogP contribution >= 0.6 is 8.58 Å². The minimum Gasteiger partial charge on any atom is -0.496 e. The van der Waals surface area contributed by atoms with Crippen LogP contribution in [0.4, 0.5) is 0 Å². The van der Waals surface area contributed by atoms with Crippen molar-refractivity contribution in [3.8, 4) is 28.4 Å². The van der Waals surface area contributed by atoms with Gasteiger partial charge in [0.25, 0.3) is 0 Å². The first kappa shape index (κ1) is 22.1. The largest absolute Gasteiger partial charge is 1.00 e. The zero-order valence-electron chi connectivity index (χ0n) is 16.5. The Morgan fingerprint density at radius 2 is 1.29 bits per heavy atom. The second kappa shape index (κ2) is 10.3. The van der Waals surface area contributed by atoms with E-state index in [2.05, 4.69) is 12.1 Å². The first-order valence-corrected chi connectivity index (χ1v) is 9.43. The van der Waals surface area contributed by atoms with Crippen LogP contribution < -0.4 is 38.4 Å². The van der Waals surface area contributed by atoms with Gasteiger partial charge in [-0.1, -0.05) is 54.6 Å². The predicted molar refractivity (Wildman–Crippen MR) is 110 cm³/mol. The fourth-order valence-corrected chi connectivity index (χ4v) is 3.77. The van der Waals surface area contributed by atoms with Crippen LogP contribution in [0.2, 0.25) is 0 Å². The molecule has 4 nitrogen and oxygen atoms in total. The van der Waals surface area contributed by atoms with Gasteiger partial charge in [-0.25, -0.2) is 0 Å². The predicted octanol–water partition coefficient (Wildman–Crippen LogP) is 1.53. The van der Waals surface area contributed by atoms with Crippen molar-refractivity contribution in [1.29, 1.82) is 0 Å². The Morgan fingerprint density at radius 1 is 0.750 bits per heavy atom. The quantitative estimate of drug-likeness (QED) is 0.456. The Hall–Kier alpha value is -2.24. The van der Waals surface area contributed by atoms with Crippen molar-refractivity contribution in [3.63, 3.8) is 0 Å². The van der Waals surface area contributed by atoms with E-state index < -0.39 is 0 Å². The molecule has 3 rings (SSSR count). The zero-order valence-corrected chi connectivity index (χ0v) is 17.5. The molecular weight excluding hydrogens is 366 g/mol. The van der Waals surface area contributed by atoms with E-state index in [1.807, 2.05) is 42.5 Å². The normalized spacial score (nSPS) is 10.4. The minimum atomic E-state index is -0.0428. The topological polar surface area (TPSA) is 44.8 Å². The van der Waals surface area contributed by atoms with Crippen LogP contribution in [0, 0.1) is 0 Å². The van der Waals surface area contributed by atoms with Crippen molar-refractivity contribution >= 4 is 19.4 Å². The molecule has 1 atom stereocenters. The number of ether oxygens (including phenoxy) is 3. The van der Waals surface area contributed by atoms with E-state index in [9.17, 15) is 4.79 Å². The maximum Gasteiger partial charge on any atom is 1.00 e. The van der Waals surface area contributed by atoms with Crippen LogP contribution in [0.25, 0.3) is 11.1 Å². The molecule has 0 bridgehead atoms. The van der Waals surface area contributed by atoms with Crippen molar-refractivity contribution in [2.75, 3.05) is 21.3 Å². The van der Waals surface area contributed by atoms with Crippen molar-refractivity contribution in [3.05, 3.63) is 72.3 Å². The Morgan fingerprint density at radius 3 is 1.79 bits per heavy atom. The molecule has 6 heteroatoms. The van der Waals surface area contributed by atoms with Crippen LogP contribution in [0.15, 0.2) is 66.7 Å². The summed E-state index contributed by atoms with van der Waals surface area (Å²) in [7, 11) is 4.59. The van der Waals surface area contributed by atoms with Gasteiger partial charge in [-0.15, -0.1) is 0 Å². The van der Waals surface area contributed by atoms with E-state index >= 15 is 0 Å². The number of carbonyl (C=O) groups excluding carboxylic acids is 1. The summed E-state index contributed by atoms with van der Waals surface area (Å²) < 4.78 is 16.0. The summed E-state index contributed by atoms with van der Waals surface area (Å²) in [6, 6.07) is 21.6. The van der Waals surface area contributed by atoms with Gasteiger partial charge in [-0.2, -0.15) is 0 Å². The molecule has 0 aromatic heterocycles. The van der Waals surface area contributed by atoms with E-state index in [1.54, 1.807) is 19.2 Å². The van der Waals surface area contributed by atoms with E-state index in [1.165, 1.54) is 14.2 Å². The van der Waals surface area contributed by atoms with Gasteiger partial charge in [-0.3, -0.25) is 4.79 Å². The van der Waals surface area contributed by atoms with Gasteiger partial charge in [0.1, 0.15) is 22.8 Å². The fraction of sp³-hybridized carbons (Fsp3) is 0.136. The van der Waals surface area contributed by atoms with Crippen molar-refractivity contribution in [2.24, 2.45) is 0 Å². The number of carbonyl (C=O) groups is 1. The third-order valence-electron chi connectivity index (χ3n) is 4.19. The number of hydrogen-bond donors (Lipinski definition) is 0. The Kier molecular flexibility index (Phi) is 8.14. The molecule has 0 fully saturated rings. The van der Waals surface area contributed by atoms with E-state index in [-0.39, 0.29) is 33.0 Å². The SMILES string of the molecule is COc1cc(OC)c(C(=O)Pc2ccc(-c3ccccc3)cc2)c(OC)c1.[Li+]. The van der Waals surface area contributed by atoms with Gasteiger partial charge in [0.2, 0.25) is 0 Å². The third kappa shape index (κ3) is 4.97. The molecule has 0 spiro atoms. The number of methoxy groups -OCH3 is 3. The summed E-state index contributed by atoms with van der Waals surface area (Å²) >= 11 is 0. The van der Waals surface area contributed by atoms with Crippen LogP contribution in [0.1, 0.15) is 10.4 Å². The van der Waals surface area contributed by atoms with Crippen molar-refractivity contribution in [2.45, 2.75) is 0 Å². The molecule has 0 amide bonds. The molecule has 0 aliphatic carbocycles. The van der Waals surface area contributed by atoms with E-state index in [0.717, 1.165) is 16.4 Å². The van der Waals surface area contributed by atoms with E-state index in [0.29, 0.717) is 22.8 Å². The Labute approximate surface area is 179 Å². The summed E-state index contributed by atoms with van der Waals surface area (Å²) in [6.45, 7) is 0. The summed E-state index contributed by atoms with van der Waals surface area (Å²) in [5.74, 6) is 1.48. The zero-order chi connectivity index (χ0) is 19.2. The third-order valence-corrected chi connectivity index (χ3v) is 5.29. The van der Waals surface area contributed by atoms with Crippen LogP contribution in [0.3, 0.4) is 0 Å². The molecule has 1 unspecified atom stereocenters. The molecular formula is C22H21LiO4P+. The van der Waals surface area contributed by atoms with Gasteiger partial charge in [-0.05, 0) is 25.0 Å². The molecule has 0 heterocycles. The molecule has 138 valence electrons. The minimum absolute atomic E-state index is 0. The summed E-state index contributed by atoms with van der Waals surface area (Å²) in [5.41, 5.74) is 2.67. The maximum atomic E-state index is 12.9. The molecule has 0 radical (unpaired) electrons. The van der Waals surface area contributed by atoms with Gasteiger partial charge < -0.3 is 14.2 Å². The molecule has 0 N–H and O–H groups in total. The van der Waals surface area contributed by atoms with Gasteiger partial charge in [0.15, 0.2) is 5.52 Å². The molecule has 0 aliphatic rings. The number of hydrogen-bond acceptors (Lipinski definition) is 4. The summed E-state index contributed by atoms with van der Waals surface area (Å²) in [6.07, 6.45) is 0. The van der Waals surface area contributed by atoms with Gasteiger partial charge >= 0.3 is 18.9 Å². The summed E-state index contributed by atoms with van der Waals surface area (Å²) in [4.78, 5) is 12.9.